The Hall–Kier alpha value is -2.17. The van der Waals surface area contributed by atoms with Gasteiger partial charge in [0.1, 0.15) is 0 Å². The number of methoxy groups -OCH3 is 2. The maximum absolute atomic E-state index is 5.71. The van der Waals surface area contributed by atoms with E-state index >= 15 is 0 Å². The van der Waals surface area contributed by atoms with Crippen LogP contribution in [0.1, 0.15) is 5.56 Å². The lowest BCUT2D eigenvalue weighted by molar-refractivity contribution is 0.354. The van der Waals surface area contributed by atoms with E-state index in [-0.39, 0.29) is 0 Å². The lowest BCUT2D eigenvalue weighted by Gasteiger charge is -2.10. The zero-order valence-corrected chi connectivity index (χ0v) is 10.6. The van der Waals surface area contributed by atoms with Crippen LogP contribution >= 0.6 is 0 Å². The lowest BCUT2D eigenvalue weighted by Crippen LogP contribution is -2.05. The molecule has 1 aromatic carbocycles. The highest BCUT2D eigenvalue weighted by atomic mass is 16.5. The number of nitrogens with zero attached hydrogens (tertiary/aromatic N) is 2. The standard InChI is InChI=1S/C13H17N3O2/c1-17-11-4-3-10(9-12(11)18-2)5-7-16-8-6-15-13(16)14/h3-4,6,8-9H,5,7H2,1-2H3,(H2,14,15). The molecule has 0 fully saturated rings. The van der Waals surface area contributed by atoms with E-state index in [1.807, 2.05) is 29.0 Å². The maximum atomic E-state index is 5.71. The quantitative estimate of drug-likeness (QED) is 0.874. The van der Waals surface area contributed by atoms with Crippen molar-refractivity contribution in [2.24, 2.45) is 0 Å². The molecule has 5 nitrogen and oxygen atoms in total. The SMILES string of the molecule is COc1ccc(CCn2ccnc2N)cc1OC. The molecule has 0 atom stereocenters. The van der Waals surface area contributed by atoms with Gasteiger partial charge >= 0.3 is 0 Å². The van der Waals surface area contributed by atoms with Gasteiger partial charge in [-0.15, -0.1) is 0 Å². The van der Waals surface area contributed by atoms with Crippen molar-refractivity contribution in [1.82, 2.24) is 9.55 Å². The molecule has 1 heterocycles. The molecule has 18 heavy (non-hydrogen) atoms. The van der Waals surface area contributed by atoms with Gasteiger partial charge < -0.3 is 19.8 Å². The second-order valence-electron chi connectivity index (χ2n) is 3.92. The third kappa shape index (κ3) is 2.56. The molecule has 96 valence electrons. The summed E-state index contributed by atoms with van der Waals surface area (Å²) in [6.07, 6.45) is 4.43. The maximum Gasteiger partial charge on any atom is 0.200 e. The van der Waals surface area contributed by atoms with E-state index in [2.05, 4.69) is 4.98 Å². The number of hydrogen-bond donors (Lipinski definition) is 1. The van der Waals surface area contributed by atoms with Gasteiger partial charge in [-0.25, -0.2) is 4.98 Å². The van der Waals surface area contributed by atoms with Gasteiger partial charge in [0.2, 0.25) is 0 Å². The minimum Gasteiger partial charge on any atom is -0.493 e. The summed E-state index contributed by atoms with van der Waals surface area (Å²) in [6, 6.07) is 5.91. The van der Waals surface area contributed by atoms with E-state index in [1.165, 1.54) is 5.56 Å². The van der Waals surface area contributed by atoms with Crippen LogP contribution in [0.5, 0.6) is 11.5 Å². The Morgan fingerprint density at radius 2 is 2.00 bits per heavy atom. The molecule has 0 saturated heterocycles. The van der Waals surface area contributed by atoms with Gasteiger partial charge in [-0.1, -0.05) is 6.07 Å². The number of anilines is 1. The van der Waals surface area contributed by atoms with Crippen LogP contribution in [0.2, 0.25) is 0 Å². The number of aryl methyl sites for hydroxylation is 2. The number of nitrogen functional groups attached to an aromatic ring is 1. The first-order valence-corrected chi connectivity index (χ1v) is 5.72. The molecular weight excluding hydrogens is 230 g/mol. The van der Waals surface area contributed by atoms with E-state index in [4.69, 9.17) is 15.2 Å². The molecule has 2 N–H and O–H groups in total. The number of benzene rings is 1. The van der Waals surface area contributed by atoms with E-state index < -0.39 is 0 Å². The summed E-state index contributed by atoms with van der Waals surface area (Å²) in [6.45, 7) is 0.793. The van der Waals surface area contributed by atoms with Crippen molar-refractivity contribution in [2.75, 3.05) is 20.0 Å². The summed E-state index contributed by atoms with van der Waals surface area (Å²) in [4.78, 5) is 3.99. The highest BCUT2D eigenvalue weighted by Gasteiger charge is 2.05. The Bertz CT molecular complexity index is 523. The summed E-state index contributed by atoms with van der Waals surface area (Å²) in [5.74, 6) is 2.02. The van der Waals surface area contributed by atoms with Gasteiger partial charge in [0.15, 0.2) is 17.4 Å². The zero-order valence-electron chi connectivity index (χ0n) is 10.6. The molecule has 0 saturated carbocycles. The van der Waals surface area contributed by atoms with Crippen molar-refractivity contribution >= 4 is 5.95 Å². The van der Waals surface area contributed by atoms with Crippen molar-refractivity contribution in [3.63, 3.8) is 0 Å². The van der Waals surface area contributed by atoms with E-state index in [0.717, 1.165) is 24.5 Å². The largest absolute Gasteiger partial charge is 0.493 e. The highest BCUT2D eigenvalue weighted by molar-refractivity contribution is 5.42. The molecule has 5 heteroatoms. The van der Waals surface area contributed by atoms with E-state index in [0.29, 0.717) is 5.95 Å². The molecule has 0 aliphatic carbocycles. The lowest BCUT2D eigenvalue weighted by atomic mass is 10.1. The molecule has 2 rings (SSSR count). The minimum atomic E-state index is 0.537. The first-order valence-electron chi connectivity index (χ1n) is 5.72. The fourth-order valence-corrected chi connectivity index (χ4v) is 1.82. The predicted molar refractivity (Wildman–Crippen MR) is 69.9 cm³/mol. The van der Waals surface area contributed by atoms with Crippen molar-refractivity contribution in [3.8, 4) is 11.5 Å². The molecule has 0 aliphatic rings. The van der Waals surface area contributed by atoms with Crippen molar-refractivity contribution < 1.29 is 9.47 Å². The van der Waals surface area contributed by atoms with E-state index in [1.54, 1.807) is 20.4 Å². The van der Waals surface area contributed by atoms with Gasteiger partial charge in [0.25, 0.3) is 0 Å². The third-order valence-corrected chi connectivity index (χ3v) is 2.84. The molecule has 1 aromatic heterocycles. The molecule has 0 radical (unpaired) electrons. The second-order valence-corrected chi connectivity index (χ2v) is 3.92. The van der Waals surface area contributed by atoms with Crippen LogP contribution < -0.4 is 15.2 Å². The summed E-state index contributed by atoms with van der Waals surface area (Å²) in [5, 5.41) is 0. The van der Waals surface area contributed by atoms with Gasteiger partial charge in [-0.3, -0.25) is 0 Å². The van der Waals surface area contributed by atoms with Gasteiger partial charge in [-0.2, -0.15) is 0 Å². The van der Waals surface area contributed by atoms with Crippen LogP contribution in [0.3, 0.4) is 0 Å². The Kier molecular flexibility index (Phi) is 3.72. The molecule has 0 amide bonds. The van der Waals surface area contributed by atoms with Crippen LogP contribution in [0.25, 0.3) is 0 Å². The first-order chi connectivity index (χ1) is 8.74. The summed E-state index contributed by atoms with van der Waals surface area (Å²) < 4.78 is 12.4. The number of ether oxygens (including phenoxy) is 2. The fourth-order valence-electron chi connectivity index (χ4n) is 1.82. The third-order valence-electron chi connectivity index (χ3n) is 2.84. The molecular formula is C13H17N3O2. The zero-order chi connectivity index (χ0) is 13.0. The van der Waals surface area contributed by atoms with E-state index in [9.17, 15) is 0 Å². The number of imidazole rings is 1. The summed E-state index contributed by atoms with van der Waals surface area (Å²) in [5.41, 5.74) is 6.88. The Morgan fingerprint density at radius 3 is 2.61 bits per heavy atom. The first kappa shape index (κ1) is 12.3. The predicted octanol–water partition coefficient (Wildman–Crippen LogP) is 1.73. The van der Waals surface area contributed by atoms with Crippen molar-refractivity contribution in [1.29, 1.82) is 0 Å². The summed E-state index contributed by atoms with van der Waals surface area (Å²) in [7, 11) is 3.26. The highest BCUT2D eigenvalue weighted by Crippen LogP contribution is 2.27. The molecule has 0 aliphatic heterocycles. The fraction of sp³-hybridized carbons (Fsp3) is 0.308. The topological polar surface area (TPSA) is 62.3 Å². The van der Waals surface area contributed by atoms with Gasteiger partial charge in [0, 0.05) is 18.9 Å². The molecule has 2 aromatic rings. The number of aromatic nitrogens is 2. The van der Waals surface area contributed by atoms with Crippen LogP contribution in [0.15, 0.2) is 30.6 Å². The smallest absolute Gasteiger partial charge is 0.200 e. The Morgan fingerprint density at radius 1 is 1.22 bits per heavy atom. The Labute approximate surface area is 106 Å². The van der Waals surface area contributed by atoms with Crippen molar-refractivity contribution in [2.45, 2.75) is 13.0 Å². The number of nitrogens with two attached hydrogens (primary N) is 1. The number of rotatable bonds is 5. The monoisotopic (exact) mass is 247 g/mol. The van der Waals surface area contributed by atoms with Crippen LogP contribution in [-0.2, 0) is 13.0 Å². The number of hydrogen-bond acceptors (Lipinski definition) is 4. The van der Waals surface area contributed by atoms with Crippen LogP contribution in [-0.4, -0.2) is 23.8 Å². The van der Waals surface area contributed by atoms with Gasteiger partial charge in [0.05, 0.1) is 14.2 Å². The normalized spacial score (nSPS) is 10.3. The molecule has 0 unspecified atom stereocenters. The van der Waals surface area contributed by atoms with Crippen LogP contribution in [0.4, 0.5) is 5.95 Å². The van der Waals surface area contributed by atoms with Crippen LogP contribution in [0, 0.1) is 0 Å². The molecule has 0 spiro atoms. The minimum absolute atomic E-state index is 0.537. The Balaban J connectivity index is 2.08. The van der Waals surface area contributed by atoms with Crippen molar-refractivity contribution in [3.05, 3.63) is 36.2 Å². The van der Waals surface area contributed by atoms with Gasteiger partial charge in [-0.05, 0) is 24.1 Å². The average Bonchev–Trinajstić information content (AvgIpc) is 2.81. The molecule has 0 bridgehead atoms. The average molecular weight is 247 g/mol. The second kappa shape index (κ2) is 5.44. The summed E-state index contributed by atoms with van der Waals surface area (Å²) >= 11 is 0.